The number of hydrazone groups is 1. The zero-order valence-corrected chi connectivity index (χ0v) is 15.3. The quantitative estimate of drug-likeness (QED) is 0.761. The van der Waals surface area contributed by atoms with Gasteiger partial charge >= 0.3 is 0 Å². The molecule has 0 N–H and O–H groups in total. The number of benzene rings is 1. The van der Waals surface area contributed by atoms with Crippen LogP contribution in [0.2, 0.25) is 0 Å². The van der Waals surface area contributed by atoms with Crippen molar-refractivity contribution in [3.63, 3.8) is 0 Å². The summed E-state index contributed by atoms with van der Waals surface area (Å²) in [6.07, 6.45) is 1.85. The molecule has 5 heterocycles. The summed E-state index contributed by atoms with van der Waals surface area (Å²) in [6, 6.07) is 7.89. The summed E-state index contributed by atoms with van der Waals surface area (Å²) < 4.78 is 0. The van der Waals surface area contributed by atoms with Crippen molar-refractivity contribution in [3.8, 4) is 0 Å². The fourth-order valence-corrected chi connectivity index (χ4v) is 4.66. The molecule has 1 amide bonds. The van der Waals surface area contributed by atoms with Crippen LogP contribution in [-0.2, 0) is 4.79 Å². The Morgan fingerprint density at radius 3 is 2.19 bits per heavy atom. The molecule has 0 aromatic heterocycles. The summed E-state index contributed by atoms with van der Waals surface area (Å²) in [7, 11) is 0. The molecule has 5 aliphatic heterocycles. The molecule has 4 fully saturated rings. The van der Waals surface area contributed by atoms with E-state index in [1.165, 1.54) is 10.6 Å². The fourth-order valence-electron chi connectivity index (χ4n) is 4.66. The first-order valence-corrected chi connectivity index (χ1v) is 9.20. The lowest BCUT2D eigenvalue weighted by Gasteiger charge is -2.59. The third-order valence-corrected chi connectivity index (χ3v) is 5.71. The van der Waals surface area contributed by atoms with Crippen molar-refractivity contribution < 1.29 is 4.79 Å². The Balaban J connectivity index is 1.36. The molecule has 7 nitrogen and oxygen atoms in total. The third kappa shape index (κ3) is 2.58. The highest BCUT2D eigenvalue weighted by Crippen LogP contribution is 2.32. The maximum atomic E-state index is 12.9. The Hall–Kier alpha value is -2.09. The molecule has 136 valence electrons. The molecule has 0 unspecified atom stereocenters. The van der Waals surface area contributed by atoms with Crippen molar-refractivity contribution in [1.82, 2.24) is 14.7 Å². The zero-order valence-electron chi connectivity index (χ0n) is 15.3. The van der Waals surface area contributed by atoms with Crippen molar-refractivity contribution in [3.05, 3.63) is 29.8 Å². The molecule has 1 aromatic rings. The average Bonchev–Trinajstić information content (AvgIpc) is 2.87. The van der Waals surface area contributed by atoms with Gasteiger partial charge in [-0.3, -0.25) is 24.5 Å². The number of carbonyl (C=O) groups is 1. The normalized spacial score (nSPS) is 38.5. The van der Waals surface area contributed by atoms with Gasteiger partial charge in [-0.05, 0) is 26.0 Å². The monoisotopic (exact) mass is 352 g/mol. The Morgan fingerprint density at radius 1 is 1.04 bits per heavy atom. The van der Waals surface area contributed by atoms with E-state index in [4.69, 9.17) is 4.99 Å². The van der Waals surface area contributed by atoms with Crippen LogP contribution < -0.4 is 5.01 Å². The van der Waals surface area contributed by atoms with Crippen molar-refractivity contribution in [2.24, 2.45) is 16.0 Å². The first-order chi connectivity index (χ1) is 12.5. The highest BCUT2D eigenvalue weighted by molar-refractivity contribution is 6.23. The van der Waals surface area contributed by atoms with E-state index in [2.05, 4.69) is 19.8 Å². The Morgan fingerprint density at radius 2 is 1.62 bits per heavy atom. The summed E-state index contributed by atoms with van der Waals surface area (Å²) in [4.78, 5) is 25.2. The number of carbonyl (C=O) groups excluding carboxylic acids is 1. The second kappa shape index (κ2) is 5.70. The number of aryl methyl sites for hydroxylation is 1. The van der Waals surface area contributed by atoms with Gasteiger partial charge in [0, 0.05) is 25.8 Å². The predicted molar refractivity (Wildman–Crippen MR) is 101 cm³/mol. The van der Waals surface area contributed by atoms with Crippen LogP contribution in [0.1, 0.15) is 12.5 Å². The van der Waals surface area contributed by atoms with E-state index in [1.807, 2.05) is 44.3 Å². The maximum Gasteiger partial charge on any atom is 0.261 e. The lowest BCUT2D eigenvalue weighted by molar-refractivity contribution is -0.139. The van der Waals surface area contributed by atoms with E-state index in [1.54, 1.807) is 0 Å². The Bertz CT molecular complexity index is 763. The summed E-state index contributed by atoms with van der Waals surface area (Å²) >= 11 is 0. The number of amides is 1. The van der Waals surface area contributed by atoms with Gasteiger partial charge in [-0.15, -0.1) is 0 Å². The van der Waals surface area contributed by atoms with Gasteiger partial charge in [-0.25, -0.2) is 0 Å². The number of rotatable bonds is 3. The summed E-state index contributed by atoms with van der Waals surface area (Å²) in [6.45, 7) is 10.0. The van der Waals surface area contributed by atoms with Crippen molar-refractivity contribution >= 4 is 23.5 Å². The van der Waals surface area contributed by atoms with Crippen molar-refractivity contribution in [2.75, 3.05) is 44.6 Å². The Labute approximate surface area is 153 Å². The number of hydrogen-bond donors (Lipinski definition) is 0. The molecule has 6 rings (SSSR count). The molecule has 4 saturated heterocycles. The van der Waals surface area contributed by atoms with Crippen LogP contribution in [0.15, 0.2) is 34.4 Å². The summed E-state index contributed by atoms with van der Waals surface area (Å²) in [5.41, 5.74) is 2.69. The van der Waals surface area contributed by atoms with Crippen LogP contribution in [0.25, 0.3) is 0 Å². The minimum atomic E-state index is -0.357. The lowest BCUT2D eigenvalue weighted by Crippen LogP contribution is -2.75. The van der Waals surface area contributed by atoms with Crippen molar-refractivity contribution in [2.45, 2.75) is 19.4 Å². The minimum Gasteiger partial charge on any atom is -0.286 e. The van der Waals surface area contributed by atoms with Gasteiger partial charge in [0.1, 0.15) is 5.92 Å². The second-order valence-corrected chi connectivity index (χ2v) is 8.12. The Kier molecular flexibility index (Phi) is 3.53. The van der Waals surface area contributed by atoms with E-state index in [0.717, 1.165) is 51.0 Å². The van der Waals surface area contributed by atoms with Gasteiger partial charge in [0.25, 0.3) is 5.91 Å². The van der Waals surface area contributed by atoms with Gasteiger partial charge in [0.2, 0.25) is 0 Å². The van der Waals surface area contributed by atoms with E-state index >= 15 is 0 Å². The van der Waals surface area contributed by atoms with Crippen LogP contribution in [0, 0.1) is 12.8 Å². The first-order valence-electron chi connectivity index (χ1n) is 9.20. The number of anilines is 1. The molecule has 7 heteroatoms. The molecule has 1 aromatic carbocycles. The topological polar surface area (TPSA) is 54.8 Å². The van der Waals surface area contributed by atoms with Crippen LogP contribution in [0.4, 0.5) is 5.69 Å². The molecule has 1 atom stereocenters. The van der Waals surface area contributed by atoms with Gasteiger partial charge in [0.05, 0.1) is 36.9 Å². The zero-order chi connectivity index (χ0) is 17.9. The van der Waals surface area contributed by atoms with E-state index in [0.29, 0.717) is 0 Å². The van der Waals surface area contributed by atoms with Crippen LogP contribution in [0.3, 0.4) is 0 Å². The molecule has 0 saturated carbocycles. The van der Waals surface area contributed by atoms with Gasteiger partial charge < -0.3 is 0 Å². The molecule has 0 aliphatic carbocycles. The van der Waals surface area contributed by atoms with Gasteiger partial charge in [0.15, 0.2) is 0 Å². The highest BCUT2D eigenvalue weighted by Gasteiger charge is 2.48. The van der Waals surface area contributed by atoms with Crippen LogP contribution in [-0.4, -0.2) is 77.7 Å². The molecule has 5 aliphatic rings. The molecule has 0 spiro atoms. The number of nitrogens with zero attached hydrogens (tertiary/aromatic N) is 6. The van der Waals surface area contributed by atoms with Gasteiger partial charge in [-0.1, -0.05) is 17.7 Å². The van der Waals surface area contributed by atoms with Gasteiger partial charge in [-0.2, -0.15) is 10.1 Å². The molecular formula is C19H24N6O. The first kappa shape index (κ1) is 16.1. The molecular weight excluding hydrogens is 328 g/mol. The van der Waals surface area contributed by atoms with Crippen molar-refractivity contribution in [1.29, 1.82) is 0 Å². The molecule has 4 bridgehead atoms. The average molecular weight is 352 g/mol. The minimum absolute atomic E-state index is 0.0132. The lowest BCUT2D eigenvalue weighted by atomic mass is 9.91. The fraction of sp³-hybridized carbons (Fsp3) is 0.526. The highest BCUT2D eigenvalue weighted by atomic mass is 16.2. The summed E-state index contributed by atoms with van der Waals surface area (Å²) in [5, 5.41) is 6.01. The maximum absolute atomic E-state index is 12.9. The third-order valence-electron chi connectivity index (χ3n) is 5.71. The van der Waals surface area contributed by atoms with E-state index < -0.39 is 0 Å². The second-order valence-electron chi connectivity index (χ2n) is 8.12. The largest absolute Gasteiger partial charge is 0.286 e. The van der Waals surface area contributed by atoms with E-state index in [9.17, 15) is 4.79 Å². The summed E-state index contributed by atoms with van der Waals surface area (Å²) in [5.74, 6) is -0.370. The van der Waals surface area contributed by atoms with Crippen LogP contribution in [0.5, 0.6) is 0 Å². The number of hydrogen-bond acceptors (Lipinski definition) is 6. The molecule has 0 radical (unpaired) electrons. The number of aliphatic imine (C=N–C) groups is 1. The molecule has 26 heavy (non-hydrogen) atoms. The predicted octanol–water partition coefficient (Wildman–Crippen LogP) is 0.963. The smallest absolute Gasteiger partial charge is 0.261 e. The van der Waals surface area contributed by atoms with E-state index in [-0.39, 0.29) is 17.4 Å². The van der Waals surface area contributed by atoms with Crippen LogP contribution >= 0.6 is 0 Å². The SMILES string of the molecule is CC1=NN(c2ccc(C)cc2)C(=O)[C@H]1C=NC12CN3CN(CN(C3)C1)C2. The standard InChI is InChI=1S/C19H24N6O/c1-14-3-5-16(6-4-14)25-18(26)17(15(2)21-25)7-20-19-8-22-11-23(9-19)13-24(10-19)12-22/h3-7,17H,8-13H2,1-2H3/t17-/m0/s1.